The van der Waals surface area contributed by atoms with Crippen LogP contribution in [-0.4, -0.2) is 17.7 Å². The number of benzene rings is 1. The van der Waals surface area contributed by atoms with E-state index in [-0.39, 0.29) is 12.1 Å². The first kappa shape index (κ1) is 13.4. The first-order valence-electron chi connectivity index (χ1n) is 5.93. The van der Waals surface area contributed by atoms with Crippen molar-refractivity contribution in [1.82, 2.24) is 5.32 Å². The number of halogens is 3. The third-order valence-electron chi connectivity index (χ3n) is 3.13. The Morgan fingerprint density at radius 3 is 2.28 bits per heavy atom. The van der Waals surface area contributed by atoms with Gasteiger partial charge in [-0.05, 0) is 31.4 Å². The minimum absolute atomic E-state index is 0.0781. The molecule has 0 amide bonds. The molecule has 100 valence electrons. The Morgan fingerprint density at radius 1 is 1.22 bits per heavy atom. The normalized spacial score (nSPS) is 19.6. The molecule has 0 heterocycles. The quantitative estimate of drug-likeness (QED) is 0.871. The van der Waals surface area contributed by atoms with Crippen molar-refractivity contribution in [3.8, 4) is 0 Å². The molecule has 1 atom stereocenters. The minimum Gasteiger partial charge on any atom is -0.384 e. The molecule has 0 aliphatic heterocycles. The van der Waals surface area contributed by atoms with Gasteiger partial charge in [-0.15, -0.1) is 0 Å². The van der Waals surface area contributed by atoms with Gasteiger partial charge in [0.25, 0.3) is 0 Å². The van der Waals surface area contributed by atoms with E-state index < -0.39 is 17.3 Å². The molecular weight excluding hydrogens is 243 g/mol. The number of aliphatic hydroxyl groups is 1. The van der Waals surface area contributed by atoms with Gasteiger partial charge in [-0.1, -0.05) is 18.2 Å². The number of rotatable bonds is 4. The standard InChI is InChI=1S/C13H16F3NO/c1-12(18,8-17-9-6-7-9)10-4-2-3-5-11(10)13(14,15)16/h2-5,9,17-18H,6-8H2,1H3. The Labute approximate surface area is 104 Å². The van der Waals surface area contributed by atoms with E-state index in [1.807, 2.05) is 0 Å². The zero-order valence-corrected chi connectivity index (χ0v) is 10.1. The first-order chi connectivity index (χ1) is 8.31. The highest BCUT2D eigenvalue weighted by molar-refractivity contribution is 5.34. The summed E-state index contributed by atoms with van der Waals surface area (Å²) in [5.41, 5.74) is -2.37. The van der Waals surface area contributed by atoms with Gasteiger partial charge < -0.3 is 10.4 Å². The molecule has 0 bridgehead atoms. The van der Waals surface area contributed by atoms with Crippen LogP contribution in [-0.2, 0) is 11.8 Å². The van der Waals surface area contributed by atoms with Crippen molar-refractivity contribution in [2.75, 3.05) is 6.54 Å². The van der Waals surface area contributed by atoms with Crippen LogP contribution in [0, 0.1) is 0 Å². The van der Waals surface area contributed by atoms with Crippen LogP contribution in [0.5, 0.6) is 0 Å². The van der Waals surface area contributed by atoms with Gasteiger partial charge in [-0.25, -0.2) is 0 Å². The van der Waals surface area contributed by atoms with E-state index in [1.165, 1.54) is 25.1 Å². The summed E-state index contributed by atoms with van der Waals surface area (Å²) in [6, 6.07) is 5.51. The summed E-state index contributed by atoms with van der Waals surface area (Å²) < 4.78 is 38.6. The third kappa shape index (κ3) is 3.03. The van der Waals surface area contributed by atoms with Crippen molar-refractivity contribution in [1.29, 1.82) is 0 Å². The molecule has 2 N–H and O–H groups in total. The van der Waals surface area contributed by atoms with Crippen molar-refractivity contribution in [2.45, 2.75) is 37.6 Å². The average Bonchev–Trinajstić information content (AvgIpc) is 3.09. The summed E-state index contributed by atoms with van der Waals surface area (Å²) in [5, 5.41) is 13.3. The van der Waals surface area contributed by atoms with E-state index in [2.05, 4.69) is 5.32 Å². The minimum atomic E-state index is -4.44. The molecule has 1 fully saturated rings. The second kappa shape index (κ2) is 4.55. The molecule has 5 heteroatoms. The third-order valence-corrected chi connectivity index (χ3v) is 3.13. The molecule has 2 nitrogen and oxygen atoms in total. The van der Waals surface area contributed by atoms with Crippen molar-refractivity contribution < 1.29 is 18.3 Å². The lowest BCUT2D eigenvalue weighted by Gasteiger charge is -2.27. The van der Waals surface area contributed by atoms with Gasteiger partial charge in [-0.2, -0.15) is 13.2 Å². The Balaban J connectivity index is 2.24. The van der Waals surface area contributed by atoms with E-state index >= 15 is 0 Å². The molecule has 1 unspecified atom stereocenters. The van der Waals surface area contributed by atoms with E-state index in [0.717, 1.165) is 18.9 Å². The summed E-state index contributed by atoms with van der Waals surface area (Å²) in [7, 11) is 0. The first-order valence-corrected chi connectivity index (χ1v) is 5.93. The largest absolute Gasteiger partial charge is 0.416 e. The molecule has 2 rings (SSSR count). The molecule has 1 aromatic rings. The van der Waals surface area contributed by atoms with Gasteiger partial charge >= 0.3 is 6.18 Å². The fraction of sp³-hybridized carbons (Fsp3) is 0.538. The van der Waals surface area contributed by atoms with Gasteiger partial charge in [0.05, 0.1) is 11.2 Å². The van der Waals surface area contributed by atoms with Crippen LogP contribution >= 0.6 is 0 Å². The van der Waals surface area contributed by atoms with Gasteiger partial charge in [0, 0.05) is 12.6 Å². The second-order valence-corrected chi connectivity index (χ2v) is 4.97. The van der Waals surface area contributed by atoms with E-state index in [1.54, 1.807) is 0 Å². The second-order valence-electron chi connectivity index (χ2n) is 4.97. The molecule has 1 saturated carbocycles. The number of hydrogen-bond acceptors (Lipinski definition) is 2. The highest BCUT2D eigenvalue weighted by Crippen LogP contribution is 2.36. The number of nitrogens with one attached hydrogen (secondary N) is 1. The smallest absolute Gasteiger partial charge is 0.384 e. The lowest BCUT2D eigenvalue weighted by molar-refractivity contribution is -0.140. The van der Waals surface area contributed by atoms with Gasteiger partial charge in [-0.3, -0.25) is 0 Å². The lowest BCUT2D eigenvalue weighted by Crippen LogP contribution is -2.38. The summed E-state index contributed by atoms with van der Waals surface area (Å²) >= 11 is 0. The van der Waals surface area contributed by atoms with Crippen LogP contribution in [0.3, 0.4) is 0 Å². The van der Waals surface area contributed by atoms with E-state index in [9.17, 15) is 18.3 Å². The fourth-order valence-electron chi connectivity index (χ4n) is 1.93. The number of hydrogen-bond donors (Lipinski definition) is 2. The van der Waals surface area contributed by atoms with Crippen LogP contribution < -0.4 is 5.32 Å². The molecule has 0 saturated heterocycles. The van der Waals surface area contributed by atoms with Gasteiger partial charge in [0.15, 0.2) is 0 Å². The zero-order valence-electron chi connectivity index (χ0n) is 10.1. The van der Waals surface area contributed by atoms with Crippen molar-refractivity contribution in [2.24, 2.45) is 0 Å². The molecule has 1 aromatic carbocycles. The Bertz CT molecular complexity index is 424. The molecule has 18 heavy (non-hydrogen) atoms. The van der Waals surface area contributed by atoms with Crippen molar-refractivity contribution in [3.63, 3.8) is 0 Å². The van der Waals surface area contributed by atoms with Crippen LogP contribution in [0.25, 0.3) is 0 Å². The average molecular weight is 259 g/mol. The highest BCUT2D eigenvalue weighted by atomic mass is 19.4. The zero-order chi connectivity index (χ0) is 13.4. The molecule has 0 spiro atoms. The molecule has 0 aromatic heterocycles. The van der Waals surface area contributed by atoms with Crippen molar-refractivity contribution >= 4 is 0 Å². The van der Waals surface area contributed by atoms with Crippen LogP contribution in [0.2, 0.25) is 0 Å². The Morgan fingerprint density at radius 2 is 1.78 bits per heavy atom. The van der Waals surface area contributed by atoms with Crippen molar-refractivity contribution in [3.05, 3.63) is 35.4 Å². The summed E-state index contributed by atoms with van der Waals surface area (Å²) in [4.78, 5) is 0. The lowest BCUT2D eigenvalue weighted by atomic mass is 9.91. The predicted octanol–water partition coefficient (Wildman–Crippen LogP) is 2.66. The maximum Gasteiger partial charge on any atom is 0.416 e. The van der Waals surface area contributed by atoms with Crippen LogP contribution in [0.4, 0.5) is 13.2 Å². The molecule has 0 radical (unpaired) electrons. The monoisotopic (exact) mass is 259 g/mol. The Hall–Kier alpha value is -1.07. The van der Waals surface area contributed by atoms with E-state index in [0.29, 0.717) is 6.04 Å². The molecule has 1 aliphatic rings. The SMILES string of the molecule is CC(O)(CNC1CC1)c1ccccc1C(F)(F)F. The maximum atomic E-state index is 12.9. The number of alkyl halides is 3. The summed E-state index contributed by atoms with van der Waals surface area (Å²) in [5.74, 6) is 0. The predicted molar refractivity (Wildman–Crippen MR) is 62.0 cm³/mol. The summed E-state index contributed by atoms with van der Waals surface area (Å²) in [6.07, 6.45) is -2.39. The van der Waals surface area contributed by atoms with Crippen LogP contribution in [0.1, 0.15) is 30.9 Å². The summed E-state index contributed by atoms with van der Waals surface area (Å²) in [6.45, 7) is 1.54. The van der Waals surface area contributed by atoms with E-state index in [4.69, 9.17) is 0 Å². The topological polar surface area (TPSA) is 32.3 Å². The Kier molecular flexibility index (Phi) is 3.38. The van der Waals surface area contributed by atoms with Gasteiger partial charge in [0.2, 0.25) is 0 Å². The maximum absolute atomic E-state index is 12.9. The molecule has 1 aliphatic carbocycles. The van der Waals surface area contributed by atoms with Gasteiger partial charge in [0.1, 0.15) is 0 Å². The fourth-order valence-corrected chi connectivity index (χ4v) is 1.93. The van der Waals surface area contributed by atoms with Crippen LogP contribution in [0.15, 0.2) is 24.3 Å². The highest BCUT2D eigenvalue weighted by Gasteiger charge is 2.38. The molecular formula is C13H16F3NO.